The van der Waals surface area contributed by atoms with Crippen molar-refractivity contribution >= 4 is 21.7 Å². The number of rotatable bonds is 1. The minimum atomic E-state index is 0.505. The van der Waals surface area contributed by atoms with E-state index in [0.29, 0.717) is 6.04 Å². The maximum atomic E-state index is 6.08. The lowest BCUT2D eigenvalue weighted by Gasteiger charge is -2.21. The molecule has 0 unspecified atom stereocenters. The van der Waals surface area contributed by atoms with Gasteiger partial charge in [-0.05, 0) is 35.7 Å². The number of halogens is 1. The zero-order chi connectivity index (χ0) is 11.5. The molecule has 0 aliphatic heterocycles. The Labute approximate surface area is 106 Å². The fourth-order valence-corrected chi connectivity index (χ4v) is 2.76. The highest BCUT2D eigenvalue weighted by molar-refractivity contribution is 9.10. The van der Waals surface area contributed by atoms with E-state index >= 15 is 0 Å². The molecular weight excluding hydrogens is 266 g/mol. The summed E-state index contributed by atoms with van der Waals surface area (Å²) in [5, 5.41) is 4.55. The van der Waals surface area contributed by atoms with Crippen LogP contribution in [-0.4, -0.2) is 9.78 Å². The predicted molar refractivity (Wildman–Crippen MR) is 70.4 cm³/mol. The van der Waals surface area contributed by atoms with E-state index in [1.165, 1.54) is 44.9 Å². The van der Waals surface area contributed by atoms with Crippen LogP contribution in [0.5, 0.6) is 0 Å². The summed E-state index contributed by atoms with van der Waals surface area (Å²) >= 11 is 3.49. The SMILES string of the molecule is Cc1nn(C2CCCCCCC2)c(N)c1Br. The molecule has 3 nitrogen and oxygen atoms in total. The van der Waals surface area contributed by atoms with E-state index in [9.17, 15) is 0 Å². The minimum Gasteiger partial charge on any atom is -0.383 e. The van der Waals surface area contributed by atoms with Crippen molar-refractivity contribution in [3.8, 4) is 0 Å². The van der Waals surface area contributed by atoms with Crippen LogP contribution in [0.2, 0.25) is 0 Å². The molecule has 0 radical (unpaired) electrons. The van der Waals surface area contributed by atoms with Crippen molar-refractivity contribution in [3.63, 3.8) is 0 Å². The zero-order valence-corrected chi connectivity index (χ0v) is 11.5. The number of nitrogens with two attached hydrogens (primary N) is 1. The van der Waals surface area contributed by atoms with E-state index in [-0.39, 0.29) is 0 Å². The second-order valence-electron chi connectivity index (χ2n) is 4.73. The number of nitrogen functional groups attached to an aromatic ring is 1. The van der Waals surface area contributed by atoms with Crippen LogP contribution in [-0.2, 0) is 0 Å². The molecule has 0 aromatic carbocycles. The van der Waals surface area contributed by atoms with Gasteiger partial charge in [-0.3, -0.25) is 0 Å². The monoisotopic (exact) mass is 285 g/mol. The molecule has 1 aromatic rings. The van der Waals surface area contributed by atoms with Crippen molar-refractivity contribution in [1.82, 2.24) is 9.78 Å². The Morgan fingerprint density at radius 2 is 1.75 bits per heavy atom. The zero-order valence-electron chi connectivity index (χ0n) is 9.88. The highest BCUT2D eigenvalue weighted by atomic mass is 79.9. The van der Waals surface area contributed by atoms with Crippen molar-refractivity contribution in [3.05, 3.63) is 10.2 Å². The normalized spacial score (nSPS) is 19.4. The number of aromatic nitrogens is 2. The van der Waals surface area contributed by atoms with Crippen LogP contribution in [0.4, 0.5) is 5.82 Å². The van der Waals surface area contributed by atoms with Crippen molar-refractivity contribution < 1.29 is 0 Å². The maximum absolute atomic E-state index is 6.08. The molecule has 4 heteroatoms. The van der Waals surface area contributed by atoms with E-state index in [0.717, 1.165) is 16.0 Å². The highest BCUT2D eigenvalue weighted by Gasteiger charge is 2.19. The summed E-state index contributed by atoms with van der Waals surface area (Å²) in [5.41, 5.74) is 7.08. The second-order valence-corrected chi connectivity index (χ2v) is 5.52. The molecule has 0 saturated heterocycles. The summed E-state index contributed by atoms with van der Waals surface area (Å²) < 4.78 is 3.00. The van der Waals surface area contributed by atoms with Crippen LogP contribution >= 0.6 is 15.9 Å². The van der Waals surface area contributed by atoms with Crippen LogP contribution < -0.4 is 5.73 Å². The topological polar surface area (TPSA) is 43.8 Å². The van der Waals surface area contributed by atoms with Crippen LogP contribution in [0, 0.1) is 6.92 Å². The summed E-state index contributed by atoms with van der Waals surface area (Å²) in [6, 6.07) is 0.505. The van der Waals surface area contributed by atoms with Crippen LogP contribution in [0.25, 0.3) is 0 Å². The molecule has 0 bridgehead atoms. The number of aryl methyl sites for hydroxylation is 1. The van der Waals surface area contributed by atoms with Crippen molar-refractivity contribution in [2.75, 3.05) is 5.73 Å². The Kier molecular flexibility index (Phi) is 3.90. The Balaban J connectivity index is 2.17. The standard InChI is InChI=1S/C12H20BrN3/c1-9-11(13)12(14)16(15-9)10-7-5-3-2-4-6-8-10/h10H,2-8,14H2,1H3. The van der Waals surface area contributed by atoms with Gasteiger partial charge in [-0.1, -0.05) is 32.1 Å². The van der Waals surface area contributed by atoms with E-state index in [1.807, 2.05) is 11.6 Å². The second kappa shape index (κ2) is 5.21. The molecule has 1 saturated carbocycles. The molecule has 1 aliphatic rings. The molecule has 0 atom stereocenters. The molecule has 90 valence electrons. The van der Waals surface area contributed by atoms with Gasteiger partial charge < -0.3 is 5.73 Å². The maximum Gasteiger partial charge on any atom is 0.136 e. The largest absolute Gasteiger partial charge is 0.383 e. The van der Waals surface area contributed by atoms with E-state index in [4.69, 9.17) is 5.73 Å². The van der Waals surface area contributed by atoms with E-state index < -0.39 is 0 Å². The first-order valence-corrected chi connectivity index (χ1v) is 6.99. The Morgan fingerprint density at radius 1 is 1.19 bits per heavy atom. The molecule has 1 fully saturated rings. The first kappa shape index (κ1) is 12.0. The first-order chi connectivity index (χ1) is 7.70. The van der Waals surface area contributed by atoms with E-state index in [1.54, 1.807) is 0 Å². The van der Waals surface area contributed by atoms with Crippen molar-refractivity contribution in [2.24, 2.45) is 0 Å². The third-order valence-electron chi connectivity index (χ3n) is 3.47. The Bertz CT molecular complexity index is 351. The lowest BCUT2D eigenvalue weighted by atomic mass is 9.97. The summed E-state index contributed by atoms with van der Waals surface area (Å²) in [7, 11) is 0. The van der Waals surface area contributed by atoms with Gasteiger partial charge in [0.1, 0.15) is 5.82 Å². The third-order valence-corrected chi connectivity index (χ3v) is 4.45. The molecule has 16 heavy (non-hydrogen) atoms. The molecule has 1 aliphatic carbocycles. The molecule has 0 amide bonds. The summed E-state index contributed by atoms with van der Waals surface area (Å²) in [4.78, 5) is 0. The van der Waals surface area contributed by atoms with Crippen LogP contribution in [0.3, 0.4) is 0 Å². The van der Waals surface area contributed by atoms with Gasteiger partial charge in [-0.15, -0.1) is 0 Å². The summed E-state index contributed by atoms with van der Waals surface area (Å²) in [5.74, 6) is 0.795. The Morgan fingerprint density at radius 3 is 2.25 bits per heavy atom. The minimum absolute atomic E-state index is 0.505. The van der Waals surface area contributed by atoms with E-state index in [2.05, 4.69) is 21.0 Å². The van der Waals surface area contributed by atoms with Crippen molar-refractivity contribution in [2.45, 2.75) is 57.9 Å². The lowest BCUT2D eigenvalue weighted by molar-refractivity contribution is 0.350. The average molecular weight is 286 g/mol. The first-order valence-electron chi connectivity index (χ1n) is 6.20. The van der Waals surface area contributed by atoms with Gasteiger partial charge in [0.15, 0.2) is 0 Å². The Hall–Kier alpha value is -0.510. The number of anilines is 1. The average Bonchev–Trinajstić information content (AvgIpc) is 2.46. The van der Waals surface area contributed by atoms with Crippen LogP contribution in [0.1, 0.15) is 56.7 Å². The molecule has 1 heterocycles. The third kappa shape index (κ3) is 2.42. The highest BCUT2D eigenvalue weighted by Crippen LogP contribution is 2.32. The number of hydrogen-bond acceptors (Lipinski definition) is 2. The van der Waals surface area contributed by atoms with Gasteiger partial charge in [0, 0.05) is 0 Å². The van der Waals surface area contributed by atoms with Gasteiger partial charge in [0.2, 0.25) is 0 Å². The fourth-order valence-electron chi connectivity index (χ4n) is 2.50. The van der Waals surface area contributed by atoms with Crippen molar-refractivity contribution in [1.29, 1.82) is 0 Å². The van der Waals surface area contributed by atoms with Gasteiger partial charge >= 0.3 is 0 Å². The number of nitrogens with zero attached hydrogens (tertiary/aromatic N) is 2. The smallest absolute Gasteiger partial charge is 0.136 e. The molecule has 1 aromatic heterocycles. The van der Waals surface area contributed by atoms with Gasteiger partial charge in [-0.25, -0.2) is 4.68 Å². The molecular formula is C12H20BrN3. The predicted octanol–water partition coefficient (Wildman–Crippen LogP) is 3.82. The number of hydrogen-bond donors (Lipinski definition) is 1. The quantitative estimate of drug-likeness (QED) is 0.852. The van der Waals surface area contributed by atoms with Gasteiger partial charge in [-0.2, -0.15) is 5.10 Å². The molecule has 2 N–H and O–H groups in total. The fraction of sp³-hybridized carbons (Fsp3) is 0.750. The van der Waals surface area contributed by atoms with Gasteiger partial charge in [0.05, 0.1) is 16.2 Å². The summed E-state index contributed by atoms with van der Waals surface area (Å²) in [6.45, 7) is 2.00. The summed E-state index contributed by atoms with van der Waals surface area (Å²) in [6.07, 6.45) is 9.16. The molecule has 2 rings (SSSR count). The molecule has 0 spiro atoms. The van der Waals surface area contributed by atoms with Crippen LogP contribution in [0.15, 0.2) is 4.47 Å². The van der Waals surface area contributed by atoms with Gasteiger partial charge in [0.25, 0.3) is 0 Å². The lowest BCUT2D eigenvalue weighted by Crippen LogP contribution is -2.14.